The van der Waals surface area contributed by atoms with Gasteiger partial charge in [-0.1, -0.05) is 42.5 Å². The molecule has 164 valence electrons. The number of carbonyl (C=O) groups is 1. The van der Waals surface area contributed by atoms with Gasteiger partial charge in [0.1, 0.15) is 37.2 Å². The Morgan fingerprint density at radius 1 is 0.906 bits per heavy atom. The molecule has 0 radical (unpaired) electrons. The lowest BCUT2D eigenvalue weighted by Crippen LogP contribution is -2.17. The van der Waals surface area contributed by atoms with E-state index in [-0.39, 0.29) is 24.9 Å². The van der Waals surface area contributed by atoms with E-state index in [2.05, 4.69) is 0 Å². The first-order valence-electron chi connectivity index (χ1n) is 9.78. The maximum Gasteiger partial charge on any atom is 0.332 e. The highest BCUT2D eigenvalue weighted by atomic mass is 16.5. The van der Waals surface area contributed by atoms with Gasteiger partial charge < -0.3 is 26.0 Å². The van der Waals surface area contributed by atoms with Crippen LogP contribution < -0.4 is 16.2 Å². The molecule has 0 amide bonds. The molecular weight excluding hydrogens is 408 g/mol. The number of esters is 1. The third kappa shape index (κ3) is 5.50. The summed E-state index contributed by atoms with van der Waals surface area (Å²) in [7, 11) is 0. The van der Waals surface area contributed by atoms with E-state index >= 15 is 0 Å². The maximum absolute atomic E-state index is 11.4. The van der Waals surface area contributed by atoms with Gasteiger partial charge >= 0.3 is 5.97 Å². The summed E-state index contributed by atoms with van der Waals surface area (Å²) in [6.07, 6.45) is 0. The molecule has 0 aliphatic carbocycles. The molecule has 0 atom stereocenters. The molecule has 0 fully saturated rings. The molecule has 8 heteroatoms. The van der Waals surface area contributed by atoms with Crippen molar-refractivity contribution in [3.8, 4) is 16.9 Å². The fourth-order valence-electron chi connectivity index (χ4n) is 3.12. The van der Waals surface area contributed by atoms with E-state index in [9.17, 15) is 4.79 Å². The van der Waals surface area contributed by atoms with Gasteiger partial charge in [0, 0.05) is 5.56 Å². The van der Waals surface area contributed by atoms with Crippen LogP contribution in [-0.4, -0.2) is 29.4 Å². The van der Waals surface area contributed by atoms with Crippen LogP contribution in [0.15, 0.2) is 66.7 Å². The second kappa shape index (κ2) is 10.2. The summed E-state index contributed by atoms with van der Waals surface area (Å²) in [5.41, 5.74) is 15.5. The van der Waals surface area contributed by atoms with Crippen molar-refractivity contribution in [1.29, 1.82) is 10.8 Å². The summed E-state index contributed by atoms with van der Waals surface area (Å²) in [6.45, 7) is -0.435. The van der Waals surface area contributed by atoms with Crippen molar-refractivity contribution in [2.75, 3.05) is 6.61 Å². The van der Waals surface area contributed by atoms with Crippen molar-refractivity contribution in [3.63, 3.8) is 0 Å². The van der Waals surface area contributed by atoms with Gasteiger partial charge in [-0.2, -0.15) is 0 Å². The number of hydrogen-bond acceptors (Lipinski definition) is 6. The van der Waals surface area contributed by atoms with Gasteiger partial charge in [0.25, 0.3) is 0 Å². The van der Waals surface area contributed by atoms with Gasteiger partial charge in [0.2, 0.25) is 0 Å². The molecule has 0 spiro atoms. The zero-order valence-corrected chi connectivity index (χ0v) is 17.3. The fourth-order valence-corrected chi connectivity index (χ4v) is 3.12. The average Bonchev–Trinajstić information content (AvgIpc) is 2.81. The highest BCUT2D eigenvalue weighted by Gasteiger charge is 2.12. The molecule has 0 aromatic heterocycles. The molecular formula is C24H24N4O4. The first kappa shape index (κ1) is 22.5. The standard InChI is InChI=1S/C24H24N4O4/c25-23(26)17-8-9-21(20(11-17)24(27)28)31-13-15-6-7-18(14-32-22(30)12-29)19(10-15)16-4-2-1-3-5-16/h1-11,29H,12-14H2,(H3,25,26)(H3,27,28). The van der Waals surface area contributed by atoms with Gasteiger partial charge in [-0.05, 0) is 46.5 Å². The van der Waals surface area contributed by atoms with Crippen molar-refractivity contribution >= 4 is 17.6 Å². The Morgan fingerprint density at radius 2 is 1.66 bits per heavy atom. The third-order valence-electron chi connectivity index (χ3n) is 4.75. The summed E-state index contributed by atoms with van der Waals surface area (Å²) < 4.78 is 11.0. The van der Waals surface area contributed by atoms with Gasteiger partial charge in [-0.25, -0.2) is 4.79 Å². The minimum absolute atomic E-state index is 0.0335. The Labute approximate surface area is 185 Å². The van der Waals surface area contributed by atoms with Crippen LogP contribution >= 0.6 is 0 Å². The predicted octanol–water partition coefficient (Wildman–Crippen LogP) is 2.54. The zero-order chi connectivity index (χ0) is 23.1. The van der Waals surface area contributed by atoms with Crippen molar-refractivity contribution in [2.45, 2.75) is 13.2 Å². The summed E-state index contributed by atoms with van der Waals surface area (Å²) >= 11 is 0. The van der Waals surface area contributed by atoms with Crippen LogP contribution in [-0.2, 0) is 22.7 Å². The minimum Gasteiger partial charge on any atom is -0.488 e. The highest BCUT2D eigenvalue weighted by molar-refractivity contribution is 6.02. The lowest BCUT2D eigenvalue weighted by molar-refractivity contribution is -0.148. The van der Waals surface area contributed by atoms with Crippen LogP contribution in [0.2, 0.25) is 0 Å². The number of ether oxygens (including phenoxy) is 2. The SMILES string of the molecule is N=C(N)c1ccc(OCc2ccc(COC(=O)CO)c(-c3ccccc3)c2)c(C(=N)N)c1. The van der Waals surface area contributed by atoms with Crippen molar-refractivity contribution in [1.82, 2.24) is 0 Å². The molecule has 3 aromatic rings. The van der Waals surface area contributed by atoms with E-state index in [0.717, 1.165) is 22.3 Å². The van der Waals surface area contributed by atoms with Crippen LogP contribution in [0, 0.1) is 10.8 Å². The van der Waals surface area contributed by atoms with Crippen LogP contribution in [0.25, 0.3) is 11.1 Å². The number of benzene rings is 3. The molecule has 3 aromatic carbocycles. The van der Waals surface area contributed by atoms with E-state index < -0.39 is 12.6 Å². The Kier molecular flexibility index (Phi) is 7.20. The average molecular weight is 432 g/mol. The van der Waals surface area contributed by atoms with Crippen LogP contribution in [0.3, 0.4) is 0 Å². The van der Waals surface area contributed by atoms with Gasteiger partial charge in [-0.3, -0.25) is 10.8 Å². The Balaban J connectivity index is 1.87. The van der Waals surface area contributed by atoms with Crippen LogP contribution in [0.5, 0.6) is 5.75 Å². The van der Waals surface area contributed by atoms with E-state index in [1.165, 1.54) is 0 Å². The van der Waals surface area contributed by atoms with Gasteiger partial charge in [0.05, 0.1) is 5.56 Å². The lowest BCUT2D eigenvalue weighted by Gasteiger charge is -2.15. The van der Waals surface area contributed by atoms with E-state index in [0.29, 0.717) is 16.9 Å². The Hall–Kier alpha value is -4.17. The lowest BCUT2D eigenvalue weighted by atomic mass is 9.97. The molecule has 0 saturated carbocycles. The predicted molar refractivity (Wildman–Crippen MR) is 122 cm³/mol. The Bertz CT molecular complexity index is 1150. The van der Waals surface area contributed by atoms with E-state index in [1.54, 1.807) is 18.2 Å². The minimum atomic E-state index is -0.692. The second-order valence-electron chi connectivity index (χ2n) is 7.00. The Morgan fingerprint density at radius 3 is 2.31 bits per heavy atom. The summed E-state index contributed by atoms with van der Waals surface area (Å²) in [5, 5.41) is 24.3. The number of aliphatic hydroxyl groups excluding tert-OH is 1. The number of carbonyl (C=O) groups excluding carboxylic acids is 1. The first-order valence-corrected chi connectivity index (χ1v) is 9.78. The van der Waals surface area contributed by atoms with Crippen molar-refractivity contribution in [2.24, 2.45) is 11.5 Å². The highest BCUT2D eigenvalue weighted by Crippen LogP contribution is 2.27. The third-order valence-corrected chi connectivity index (χ3v) is 4.75. The summed E-state index contributed by atoms with van der Waals surface area (Å²) in [5.74, 6) is -0.593. The van der Waals surface area contributed by atoms with Gasteiger partial charge in [-0.15, -0.1) is 0 Å². The molecule has 7 N–H and O–H groups in total. The molecule has 0 aliphatic heterocycles. The normalized spacial score (nSPS) is 10.4. The van der Waals surface area contributed by atoms with E-state index in [4.69, 9.17) is 36.9 Å². The number of nitrogen functional groups attached to an aromatic ring is 2. The van der Waals surface area contributed by atoms with Crippen molar-refractivity contribution in [3.05, 3.63) is 89.0 Å². The molecule has 0 aliphatic rings. The molecule has 0 bridgehead atoms. The number of rotatable bonds is 9. The summed E-state index contributed by atoms with van der Waals surface area (Å²) in [6, 6.07) is 20.1. The van der Waals surface area contributed by atoms with Crippen molar-refractivity contribution < 1.29 is 19.4 Å². The smallest absolute Gasteiger partial charge is 0.332 e. The topological polar surface area (TPSA) is 156 Å². The molecule has 0 unspecified atom stereocenters. The number of nitrogens with two attached hydrogens (primary N) is 2. The zero-order valence-electron chi connectivity index (χ0n) is 17.3. The molecule has 32 heavy (non-hydrogen) atoms. The molecule has 3 rings (SSSR count). The number of hydrogen-bond donors (Lipinski definition) is 5. The fraction of sp³-hybridized carbons (Fsp3) is 0.125. The maximum atomic E-state index is 11.4. The molecule has 8 nitrogen and oxygen atoms in total. The van der Waals surface area contributed by atoms with Crippen LogP contribution in [0.4, 0.5) is 0 Å². The second-order valence-corrected chi connectivity index (χ2v) is 7.00. The largest absolute Gasteiger partial charge is 0.488 e. The summed E-state index contributed by atoms with van der Waals surface area (Å²) in [4.78, 5) is 11.4. The quantitative estimate of drug-likeness (QED) is 0.199. The molecule has 0 saturated heterocycles. The number of nitrogens with one attached hydrogen (secondary N) is 2. The number of amidine groups is 2. The molecule has 0 heterocycles. The first-order chi connectivity index (χ1) is 15.4. The van der Waals surface area contributed by atoms with Gasteiger partial charge in [0.15, 0.2) is 0 Å². The van der Waals surface area contributed by atoms with E-state index in [1.807, 2.05) is 48.5 Å². The van der Waals surface area contributed by atoms with Crippen LogP contribution in [0.1, 0.15) is 22.3 Å². The monoisotopic (exact) mass is 432 g/mol. The number of aliphatic hydroxyl groups is 1.